The van der Waals surface area contributed by atoms with E-state index in [1.54, 1.807) is 12.4 Å². The van der Waals surface area contributed by atoms with Gasteiger partial charge in [0.05, 0.1) is 23.7 Å². The van der Waals surface area contributed by atoms with Crippen LogP contribution in [0.3, 0.4) is 0 Å². The lowest BCUT2D eigenvalue weighted by molar-refractivity contribution is 1.03. The number of hydrogen-bond acceptors (Lipinski definition) is 4. The van der Waals surface area contributed by atoms with Crippen LogP contribution in [0.5, 0.6) is 0 Å². The van der Waals surface area contributed by atoms with Gasteiger partial charge in [-0.15, -0.1) is 0 Å². The highest BCUT2D eigenvalue weighted by Crippen LogP contribution is 2.34. The summed E-state index contributed by atoms with van der Waals surface area (Å²) in [6, 6.07) is 9.29. The van der Waals surface area contributed by atoms with E-state index in [0.717, 1.165) is 22.4 Å². The van der Waals surface area contributed by atoms with E-state index in [-0.39, 0.29) is 0 Å². The standard InChI is InChI=1S/C13H10ClN5/c14-10-3-1-8(2-4-10)11-12(18-19-13(11)15)9-5-6-16-17-7-9/h1-7H,(H3,15,18,19). The smallest absolute Gasteiger partial charge is 0.153 e. The summed E-state index contributed by atoms with van der Waals surface area (Å²) in [5.74, 6) is 0.439. The second kappa shape index (κ2) is 4.70. The van der Waals surface area contributed by atoms with Gasteiger partial charge in [0.1, 0.15) is 0 Å². The highest BCUT2D eigenvalue weighted by Gasteiger charge is 2.14. The molecular formula is C13H10ClN5. The maximum absolute atomic E-state index is 5.94. The molecule has 0 aliphatic rings. The van der Waals surface area contributed by atoms with Crippen molar-refractivity contribution in [3.05, 3.63) is 47.7 Å². The topological polar surface area (TPSA) is 80.5 Å². The molecule has 3 N–H and O–H groups in total. The van der Waals surface area contributed by atoms with E-state index in [0.29, 0.717) is 10.8 Å². The lowest BCUT2D eigenvalue weighted by atomic mass is 10.0. The number of halogens is 1. The molecule has 3 aromatic rings. The van der Waals surface area contributed by atoms with Gasteiger partial charge in [-0.2, -0.15) is 15.3 Å². The van der Waals surface area contributed by atoms with Crippen molar-refractivity contribution >= 4 is 17.4 Å². The number of hydrogen-bond donors (Lipinski definition) is 2. The van der Waals surface area contributed by atoms with E-state index in [1.807, 2.05) is 30.3 Å². The SMILES string of the molecule is Nc1n[nH]c(-c2ccnnc2)c1-c1ccc(Cl)cc1. The maximum Gasteiger partial charge on any atom is 0.153 e. The predicted octanol–water partition coefficient (Wildman–Crippen LogP) is 2.77. The summed E-state index contributed by atoms with van der Waals surface area (Å²) in [6.07, 6.45) is 3.28. The van der Waals surface area contributed by atoms with Gasteiger partial charge in [-0.3, -0.25) is 5.10 Å². The first-order valence-electron chi connectivity index (χ1n) is 5.62. The third-order valence-corrected chi connectivity index (χ3v) is 3.05. The van der Waals surface area contributed by atoms with E-state index in [4.69, 9.17) is 17.3 Å². The maximum atomic E-state index is 5.94. The molecule has 2 heterocycles. The number of aromatic amines is 1. The van der Waals surface area contributed by atoms with Gasteiger partial charge in [0, 0.05) is 10.6 Å². The van der Waals surface area contributed by atoms with Crippen molar-refractivity contribution in [1.29, 1.82) is 0 Å². The Hall–Kier alpha value is -2.40. The Morgan fingerprint density at radius 3 is 2.47 bits per heavy atom. The van der Waals surface area contributed by atoms with Gasteiger partial charge in [-0.25, -0.2) is 0 Å². The molecule has 0 fully saturated rings. The summed E-state index contributed by atoms with van der Waals surface area (Å²) in [5, 5.41) is 15.3. The fourth-order valence-electron chi connectivity index (χ4n) is 1.91. The highest BCUT2D eigenvalue weighted by atomic mass is 35.5. The van der Waals surface area contributed by atoms with Crippen LogP contribution in [0.15, 0.2) is 42.7 Å². The zero-order valence-electron chi connectivity index (χ0n) is 9.84. The van der Waals surface area contributed by atoms with Gasteiger partial charge in [0.25, 0.3) is 0 Å². The van der Waals surface area contributed by atoms with Gasteiger partial charge in [-0.05, 0) is 23.8 Å². The summed E-state index contributed by atoms with van der Waals surface area (Å²) < 4.78 is 0. The molecule has 0 spiro atoms. The molecule has 3 rings (SSSR count). The predicted molar refractivity (Wildman–Crippen MR) is 74.5 cm³/mol. The fourth-order valence-corrected chi connectivity index (χ4v) is 2.04. The molecule has 1 aromatic carbocycles. The minimum absolute atomic E-state index is 0.439. The molecule has 0 aliphatic heterocycles. The number of H-pyrrole nitrogens is 1. The number of rotatable bonds is 2. The summed E-state index contributed by atoms with van der Waals surface area (Å²) in [4.78, 5) is 0. The molecule has 0 amide bonds. The minimum atomic E-state index is 0.439. The van der Waals surface area contributed by atoms with Crippen molar-refractivity contribution in [2.45, 2.75) is 0 Å². The van der Waals surface area contributed by atoms with Crippen LogP contribution in [0.2, 0.25) is 5.02 Å². The number of nitrogens with zero attached hydrogens (tertiary/aromatic N) is 3. The van der Waals surface area contributed by atoms with Crippen molar-refractivity contribution in [1.82, 2.24) is 20.4 Å². The number of nitrogens with two attached hydrogens (primary N) is 1. The van der Waals surface area contributed by atoms with Crippen molar-refractivity contribution in [3.8, 4) is 22.4 Å². The largest absolute Gasteiger partial charge is 0.382 e. The number of nitrogen functional groups attached to an aromatic ring is 1. The quantitative estimate of drug-likeness (QED) is 0.751. The second-order valence-electron chi connectivity index (χ2n) is 4.00. The molecule has 6 heteroatoms. The minimum Gasteiger partial charge on any atom is -0.382 e. The number of benzene rings is 1. The van der Waals surface area contributed by atoms with E-state index in [1.165, 1.54) is 0 Å². The summed E-state index contributed by atoms with van der Waals surface area (Å²) >= 11 is 5.90. The first-order valence-corrected chi connectivity index (χ1v) is 6.00. The second-order valence-corrected chi connectivity index (χ2v) is 4.43. The monoisotopic (exact) mass is 271 g/mol. The van der Waals surface area contributed by atoms with Crippen LogP contribution in [-0.4, -0.2) is 20.4 Å². The van der Waals surface area contributed by atoms with Crippen LogP contribution >= 0.6 is 11.6 Å². The van der Waals surface area contributed by atoms with Gasteiger partial charge in [0.2, 0.25) is 0 Å². The molecule has 0 saturated heterocycles. The number of nitrogens with one attached hydrogen (secondary N) is 1. The molecule has 0 saturated carbocycles. The Kier molecular flexibility index (Phi) is 2.89. The van der Waals surface area contributed by atoms with Crippen LogP contribution < -0.4 is 5.73 Å². The molecule has 94 valence electrons. The summed E-state index contributed by atoms with van der Waals surface area (Å²) in [6.45, 7) is 0. The average Bonchev–Trinajstić information content (AvgIpc) is 2.83. The van der Waals surface area contributed by atoms with Gasteiger partial charge >= 0.3 is 0 Å². The molecule has 5 nitrogen and oxygen atoms in total. The molecule has 0 radical (unpaired) electrons. The van der Waals surface area contributed by atoms with Crippen molar-refractivity contribution < 1.29 is 0 Å². The molecule has 0 unspecified atom stereocenters. The van der Waals surface area contributed by atoms with Gasteiger partial charge in [0.15, 0.2) is 5.82 Å². The highest BCUT2D eigenvalue weighted by molar-refractivity contribution is 6.30. The van der Waals surface area contributed by atoms with Crippen molar-refractivity contribution in [2.75, 3.05) is 5.73 Å². The summed E-state index contributed by atoms with van der Waals surface area (Å²) in [7, 11) is 0. The lowest BCUT2D eigenvalue weighted by Gasteiger charge is -2.04. The zero-order valence-corrected chi connectivity index (χ0v) is 10.6. The molecule has 0 aliphatic carbocycles. The molecule has 19 heavy (non-hydrogen) atoms. The summed E-state index contributed by atoms with van der Waals surface area (Å²) in [5.41, 5.74) is 9.42. The van der Waals surface area contributed by atoms with Crippen LogP contribution in [-0.2, 0) is 0 Å². The van der Waals surface area contributed by atoms with E-state index >= 15 is 0 Å². The fraction of sp³-hybridized carbons (Fsp3) is 0. The van der Waals surface area contributed by atoms with Gasteiger partial charge in [-0.1, -0.05) is 23.7 Å². The first kappa shape index (κ1) is 11.7. The van der Waals surface area contributed by atoms with E-state index in [2.05, 4.69) is 20.4 Å². The number of anilines is 1. The van der Waals surface area contributed by atoms with Crippen LogP contribution in [0.25, 0.3) is 22.4 Å². The Balaban J connectivity index is 2.17. The Labute approximate surface area is 114 Å². The zero-order chi connectivity index (χ0) is 13.2. The third kappa shape index (κ3) is 2.15. The van der Waals surface area contributed by atoms with Crippen LogP contribution in [0.4, 0.5) is 5.82 Å². The Morgan fingerprint density at radius 1 is 1.00 bits per heavy atom. The van der Waals surface area contributed by atoms with Crippen LogP contribution in [0, 0.1) is 0 Å². The molecule has 0 bridgehead atoms. The first-order chi connectivity index (χ1) is 9.25. The molecule has 2 aromatic heterocycles. The van der Waals surface area contributed by atoms with E-state index in [9.17, 15) is 0 Å². The van der Waals surface area contributed by atoms with E-state index < -0.39 is 0 Å². The Bertz CT molecular complexity index is 691. The van der Waals surface area contributed by atoms with Gasteiger partial charge < -0.3 is 5.73 Å². The molecule has 0 atom stereocenters. The normalized spacial score (nSPS) is 10.6. The third-order valence-electron chi connectivity index (χ3n) is 2.80. The number of aromatic nitrogens is 4. The average molecular weight is 272 g/mol. The van der Waals surface area contributed by atoms with Crippen LogP contribution in [0.1, 0.15) is 0 Å². The van der Waals surface area contributed by atoms with Crippen molar-refractivity contribution in [3.63, 3.8) is 0 Å². The Morgan fingerprint density at radius 2 is 1.79 bits per heavy atom. The lowest BCUT2D eigenvalue weighted by Crippen LogP contribution is -1.89. The molecular weight excluding hydrogens is 262 g/mol. The van der Waals surface area contributed by atoms with Crippen molar-refractivity contribution in [2.24, 2.45) is 0 Å².